The highest BCUT2D eigenvalue weighted by molar-refractivity contribution is 5.73. The number of pyridine rings is 1. The number of hydrogen-bond acceptors (Lipinski definition) is 2. The Balaban J connectivity index is 3.42. The highest BCUT2D eigenvalue weighted by Crippen LogP contribution is 1.83. The van der Waals surface area contributed by atoms with Gasteiger partial charge in [-0.25, -0.2) is 0 Å². The summed E-state index contributed by atoms with van der Waals surface area (Å²) in [5.41, 5.74) is -0.0532. The number of carbonyl (C=O) groups excluding carboxylic acids is 1. The van der Waals surface area contributed by atoms with Crippen LogP contribution in [0, 0.1) is 0 Å². The molecule has 52 valence electrons. The fraction of sp³-hybridized carbons (Fsp3) is 0.143. The molecule has 0 N–H and O–H groups in total. The van der Waals surface area contributed by atoms with Crippen molar-refractivity contribution in [2.75, 3.05) is 0 Å². The molecule has 0 bridgehead atoms. The average molecular weight is 137 g/mol. The van der Waals surface area contributed by atoms with Crippen LogP contribution in [0.15, 0.2) is 23.1 Å². The quantitative estimate of drug-likeness (QED) is 0.518. The van der Waals surface area contributed by atoms with Crippen LogP contribution < -0.4 is 5.56 Å². The van der Waals surface area contributed by atoms with Crippen LogP contribution in [-0.2, 0) is 7.05 Å². The van der Waals surface area contributed by atoms with Crippen molar-refractivity contribution in [3.63, 3.8) is 0 Å². The zero-order valence-corrected chi connectivity index (χ0v) is 5.57. The predicted octanol–water partition coefficient (Wildman–Crippen LogP) is 0.198. The van der Waals surface area contributed by atoms with Crippen LogP contribution in [0.5, 0.6) is 0 Å². The largest absolute Gasteiger partial charge is 0.318 e. The molecule has 3 heteroatoms. The first-order chi connectivity index (χ1) is 4.75. The molecule has 0 unspecified atom stereocenters. The molecule has 1 aromatic heterocycles. The lowest BCUT2D eigenvalue weighted by Crippen LogP contribution is -2.19. The highest BCUT2D eigenvalue weighted by Gasteiger charge is 1.95. The van der Waals surface area contributed by atoms with Crippen LogP contribution >= 0.6 is 0 Å². The van der Waals surface area contributed by atoms with Crippen LogP contribution in [0.2, 0.25) is 0 Å². The number of aryl methyl sites for hydroxylation is 1. The molecule has 0 atom stereocenters. The van der Waals surface area contributed by atoms with E-state index in [0.717, 1.165) is 0 Å². The van der Waals surface area contributed by atoms with Crippen molar-refractivity contribution < 1.29 is 4.79 Å². The molecule has 1 rings (SSSR count). The first-order valence-electron chi connectivity index (χ1n) is 2.86. The minimum atomic E-state index is -0.252. The summed E-state index contributed by atoms with van der Waals surface area (Å²) in [6.07, 6.45) is 2.16. The summed E-state index contributed by atoms with van der Waals surface area (Å²) in [6, 6.07) is 3.15. The maximum atomic E-state index is 10.9. The minimum Gasteiger partial charge on any atom is -0.318 e. The molecule has 0 saturated carbocycles. The average Bonchev–Trinajstić information content (AvgIpc) is 1.95. The summed E-state index contributed by atoms with van der Waals surface area (Å²) in [5, 5.41) is 0. The van der Waals surface area contributed by atoms with Gasteiger partial charge >= 0.3 is 0 Å². The van der Waals surface area contributed by atoms with Gasteiger partial charge in [-0.3, -0.25) is 9.59 Å². The van der Waals surface area contributed by atoms with Crippen LogP contribution in [0.1, 0.15) is 10.4 Å². The molecule has 0 amide bonds. The van der Waals surface area contributed by atoms with Crippen molar-refractivity contribution >= 4 is 6.29 Å². The van der Waals surface area contributed by atoms with Crippen molar-refractivity contribution in [2.24, 2.45) is 7.05 Å². The molecule has 0 aliphatic carbocycles. The number of aldehydes is 1. The molecule has 0 fully saturated rings. The zero-order chi connectivity index (χ0) is 7.56. The molecule has 0 saturated heterocycles. The van der Waals surface area contributed by atoms with Gasteiger partial charge in [0.05, 0.1) is 5.56 Å². The van der Waals surface area contributed by atoms with Gasteiger partial charge in [-0.15, -0.1) is 0 Å². The molecule has 10 heavy (non-hydrogen) atoms. The molecule has 1 aromatic rings. The monoisotopic (exact) mass is 137 g/mol. The Morgan fingerprint density at radius 2 is 2.30 bits per heavy atom. The molecule has 0 aromatic carbocycles. The molecule has 1 heterocycles. The Morgan fingerprint density at radius 1 is 1.60 bits per heavy atom. The van der Waals surface area contributed by atoms with Crippen molar-refractivity contribution in [3.05, 3.63) is 34.2 Å². The first kappa shape index (κ1) is 6.74. The molecule has 3 nitrogen and oxygen atoms in total. The lowest BCUT2D eigenvalue weighted by molar-refractivity contribution is 0.112. The molecule has 0 spiro atoms. The Kier molecular flexibility index (Phi) is 1.67. The number of aromatic nitrogens is 1. The van der Waals surface area contributed by atoms with E-state index in [1.54, 1.807) is 19.3 Å². The maximum Gasteiger partial charge on any atom is 0.260 e. The minimum absolute atomic E-state index is 0.199. The maximum absolute atomic E-state index is 10.9. The van der Waals surface area contributed by atoms with Crippen molar-refractivity contribution in [3.8, 4) is 0 Å². The Labute approximate surface area is 57.9 Å². The smallest absolute Gasteiger partial charge is 0.260 e. The number of carbonyl (C=O) groups is 1. The topological polar surface area (TPSA) is 39.1 Å². The number of hydrogen-bond donors (Lipinski definition) is 0. The van der Waals surface area contributed by atoms with Crippen LogP contribution in [0.4, 0.5) is 0 Å². The standard InChI is InChI=1S/C7H7NO2/c1-8-4-2-3-6(5-9)7(8)10/h2-5H,1H3. The Bertz CT molecular complexity index is 301. The van der Waals surface area contributed by atoms with E-state index in [4.69, 9.17) is 0 Å². The third kappa shape index (κ3) is 0.978. The van der Waals surface area contributed by atoms with Gasteiger partial charge in [0.15, 0.2) is 6.29 Å². The fourth-order valence-electron chi connectivity index (χ4n) is 0.708. The second-order valence-corrected chi connectivity index (χ2v) is 2.00. The summed E-state index contributed by atoms with van der Waals surface area (Å²) in [7, 11) is 1.61. The third-order valence-corrected chi connectivity index (χ3v) is 1.28. The van der Waals surface area contributed by atoms with Crippen LogP contribution in [0.25, 0.3) is 0 Å². The first-order valence-corrected chi connectivity index (χ1v) is 2.86. The molecular weight excluding hydrogens is 130 g/mol. The SMILES string of the molecule is Cn1cccc(C=O)c1=O. The molecular formula is C7H7NO2. The second kappa shape index (κ2) is 2.47. The van der Waals surface area contributed by atoms with Crippen molar-refractivity contribution in [2.45, 2.75) is 0 Å². The summed E-state index contributed by atoms with van der Waals surface area (Å²) in [4.78, 5) is 21.1. The van der Waals surface area contributed by atoms with E-state index in [2.05, 4.69) is 0 Å². The normalized spacial score (nSPS) is 9.30. The van der Waals surface area contributed by atoms with E-state index in [0.29, 0.717) is 6.29 Å². The zero-order valence-electron chi connectivity index (χ0n) is 5.57. The van der Waals surface area contributed by atoms with Gasteiger partial charge in [0.2, 0.25) is 0 Å². The van der Waals surface area contributed by atoms with Gasteiger partial charge in [0.25, 0.3) is 5.56 Å². The van der Waals surface area contributed by atoms with E-state index in [1.165, 1.54) is 10.6 Å². The second-order valence-electron chi connectivity index (χ2n) is 2.00. The van der Waals surface area contributed by atoms with Crippen LogP contribution in [-0.4, -0.2) is 10.9 Å². The summed E-state index contributed by atoms with van der Waals surface area (Å²) < 4.78 is 1.36. The van der Waals surface area contributed by atoms with E-state index in [1.807, 2.05) is 0 Å². The predicted molar refractivity (Wildman–Crippen MR) is 37.1 cm³/mol. The van der Waals surface area contributed by atoms with E-state index in [-0.39, 0.29) is 11.1 Å². The van der Waals surface area contributed by atoms with Gasteiger partial charge in [0, 0.05) is 13.2 Å². The van der Waals surface area contributed by atoms with Gasteiger partial charge in [-0.1, -0.05) is 0 Å². The highest BCUT2D eigenvalue weighted by atomic mass is 16.1. The molecule has 0 aliphatic heterocycles. The van der Waals surface area contributed by atoms with Gasteiger partial charge in [-0.05, 0) is 12.1 Å². The van der Waals surface area contributed by atoms with Crippen molar-refractivity contribution in [1.82, 2.24) is 4.57 Å². The van der Waals surface area contributed by atoms with Gasteiger partial charge in [-0.2, -0.15) is 0 Å². The van der Waals surface area contributed by atoms with E-state index in [9.17, 15) is 9.59 Å². The third-order valence-electron chi connectivity index (χ3n) is 1.28. The lowest BCUT2D eigenvalue weighted by Gasteiger charge is -1.94. The van der Waals surface area contributed by atoms with E-state index >= 15 is 0 Å². The summed E-state index contributed by atoms with van der Waals surface area (Å²) in [5.74, 6) is 0. The van der Waals surface area contributed by atoms with E-state index < -0.39 is 0 Å². The van der Waals surface area contributed by atoms with Crippen LogP contribution in [0.3, 0.4) is 0 Å². The van der Waals surface area contributed by atoms with Gasteiger partial charge in [0.1, 0.15) is 0 Å². The van der Waals surface area contributed by atoms with Crippen molar-refractivity contribution in [1.29, 1.82) is 0 Å². The number of nitrogens with zero attached hydrogens (tertiary/aromatic N) is 1. The molecule has 0 radical (unpaired) electrons. The lowest BCUT2D eigenvalue weighted by atomic mass is 10.3. The van der Waals surface area contributed by atoms with Gasteiger partial charge < -0.3 is 4.57 Å². The molecule has 0 aliphatic rings. The fourth-order valence-corrected chi connectivity index (χ4v) is 0.708. The Hall–Kier alpha value is -1.38. The Morgan fingerprint density at radius 3 is 2.80 bits per heavy atom. The summed E-state index contributed by atoms with van der Waals surface area (Å²) >= 11 is 0. The number of rotatable bonds is 1. The summed E-state index contributed by atoms with van der Waals surface area (Å²) in [6.45, 7) is 0.